The normalized spacial score (nSPS) is 12.2. The summed E-state index contributed by atoms with van der Waals surface area (Å²) in [5.41, 5.74) is 2.88. The highest BCUT2D eigenvalue weighted by Crippen LogP contribution is 2.21. The standard InChI is InChI=1S/C24H31NO3.C2H6/c1-4-19(16-18(2)3)10-15-23(26)24(27)25-21-11-13-22(14-12-21)28-17-20-8-6-5-7-9-20;1-2/h5-9,11-14,19,23,26H,2,4,10,15-17H2,1,3H3,(H,25,27);1-2H3. The summed E-state index contributed by atoms with van der Waals surface area (Å²) in [6, 6.07) is 17.1. The number of carbonyl (C=O) groups is 1. The van der Waals surface area contributed by atoms with Crippen molar-refractivity contribution in [1.82, 2.24) is 0 Å². The van der Waals surface area contributed by atoms with E-state index in [9.17, 15) is 9.90 Å². The first-order chi connectivity index (χ1) is 14.5. The summed E-state index contributed by atoms with van der Waals surface area (Å²) in [5.74, 6) is 0.817. The molecule has 2 rings (SSSR count). The van der Waals surface area contributed by atoms with Gasteiger partial charge in [0.15, 0.2) is 0 Å². The minimum Gasteiger partial charge on any atom is -0.489 e. The van der Waals surface area contributed by atoms with E-state index in [0.29, 0.717) is 24.6 Å². The van der Waals surface area contributed by atoms with Crippen LogP contribution in [0.2, 0.25) is 0 Å². The summed E-state index contributed by atoms with van der Waals surface area (Å²) in [6.45, 7) is 12.6. The fraction of sp³-hybridized carbons (Fsp3) is 0.423. The number of benzene rings is 2. The highest BCUT2D eigenvalue weighted by molar-refractivity contribution is 5.93. The Morgan fingerprint density at radius 2 is 1.70 bits per heavy atom. The molecule has 30 heavy (non-hydrogen) atoms. The molecule has 2 aromatic rings. The number of aliphatic hydroxyl groups is 1. The second-order valence-electron chi connectivity index (χ2n) is 7.32. The van der Waals surface area contributed by atoms with E-state index in [2.05, 4.69) is 18.8 Å². The van der Waals surface area contributed by atoms with Gasteiger partial charge in [-0.25, -0.2) is 0 Å². The Balaban J connectivity index is 0.00000218. The van der Waals surface area contributed by atoms with Crippen LogP contribution in [0.4, 0.5) is 5.69 Å². The van der Waals surface area contributed by atoms with Crippen LogP contribution in [0.25, 0.3) is 0 Å². The predicted octanol–water partition coefficient (Wildman–Crippen LogP) is 6.36. The molecule has 0 fully saturated rings. The summed E-state index contributed by atoms with van der Waals surface area (Å²) in [6.07, 6.45) is 2.22. The second-order valence-corrected chi connectivity index (χ2v) is 7.32. The van der Waals surface area contributed by atoms with Crippen LogP contribution in [0.15, 0.2) is 66.7 Å². The molecule has 2 atom stereocenters. The molecular weight excluding hydrogens is 374 g/mol. The molecule has 0 radical (unpaired) electrons. The highest BCUT2D eigenvalue weighted by Gasteiger charge is 2.17. The van der Waals surface area contributed by atoms with Crippen LogP contribution >= 0.6 is 0 Å². The Morgan fingerprint density at radius 1 is 1.07 bits per heavy atom. The van der Waals surface area contributed by atoms with Crippen molar-refractivity contribution in [3.05, 3.63) is 72.3 Å². The maximum absolute atomic E-state index is 12.2. The van der Waals surface area contributed by atoms with Crippen molar-refractivity contribution >= 4 is 11.6 Å². The van der Waals surface area contributed by atoms with Crippen molar-refractivity contribution in [2.75, 3.05) is 5.32 Å². The van der Waals surface area contributed by atoms with Gasteiger partial charge in [-0.15, -0.1) is 6.58 Å². The summed E-state index contributed by atoms with van der Waals surface area (Å²) in [4.78, 5) is 12.2. The Labute approximate surface area is 182 Å². The van der Waals surface area contributed by atoms with Crippen LogP contribution in [-0.4, -0.2) is 17.1 Å². The molecule has 0 aliphatic rings. The Morgan fingerprint density at radius 3 is 2.27 bits per heavy atom. The maximum Gasteiger partial charge on any atom is 0.253 e. The van der Waals surface area contributed by atoms with Crippen molar-refractivity contribution < 1.29 is 14.6 Å². The second kappa shape index (κ2) is 14.4. The molecule has 0 aromatic heterocycles. The fourth-order valence-corrected chi connectivity index (χ4v) is 3.07. The smallest absolute Gasteiger partial charge is 0.253 e. The molecule has 4 heteroatoms. The zero-order chi connectivity index (χ0) is 22.4. The quantitative estimate of drug-likeness (QED) is 0.423. The van der Waals surface area contributed by atoms with Crippen LogP contribution < -0.4 is 10.1 Å². The Kier molecular flexibility index (Phi) is 12.2. The van der Waals surface area contributed by atoms with Gasteiger partial charge in [0.25, 0.3) is 5.91 Å². The van der Waals surface area contributed by atoms with Crippen LogP contribution in [0.3, 0.4) is 0 Å². The number of carbonyl (C=O) groups excluding carboxylic acids is 1. The average Bonchev–Trinajstić information content (AvgIpc) is 2.77. The van der Waals surface area contributed by atoms with E-state index in [1.165, 1.54) is 0 Å². The van der Waals surface area contributed by atoms with Gasteiger partial charge in [0, 0.05) is 5.69 Å². The molecule has 4 nitrogen and oxygen atoms in total. The molecule has 2 aromatic carbocycles. The number of ether oxygens (including phenoxy) is 1. The molecule has 0 saturated heterocycles. The lowest BCUT2D eigenvalue weighted by atomic mass is 9.92. The lowest BCUT2D eigenvalue weighted by molar-refractivity contribution is -0.124. The van der Waals surface area contributed by atoms with Crippen LogP contribution in [0.1, 0.15) is 58.9 Å². The number of rotatable bonds is 11. The van der Waals surface area contributed by atoms with Crippen molar-refractivity contribution in [2.45, 2.75) is 66.1 Å². The minimum absolute atomic E-state index is 0.372. The average molecular weight is 412 g/mol. The Hall–Kier alpha value is -2.59. The molecular formula is C26H37NO3. The number of hydrogen-bond donors (Lipinski definition) is 2. The first-order valence-electron chi connectivity index (χ1n) is 10.9. The molecule has 0 bridgehead atoms. The largest absolute Gasteiger partial charge is 0.489 e. The van der Waals surface area contributed by atoms with Gasteiger partial charge >= 0.3 is 0 Å². The topological polar surface area (TPSA) is 58.6 Å². The van der Waals surface area contributed by atoms with Gasteiger partial charge in [-0.2, -0.15) is 0 Å². The summed E-state index contributed by atoms with van der Waals surface area (Å²) < 4.78 is 5.74. The lowest BCUT2D eigenvalue weighted by Gasteiger charge is -2.17. The molecule has 0 saturated carbocycles. The fourth-order valence-electron chi connectivity index (χ4n) is 3.07. The SMILES string of the molecule is C=C(C)CC(CC)CCC(O)C(=O)Nc1ccc(OCc2ccccc2)cc1.CC. The van der Waals surface area contributed by atoms with Gasteiger partial charge in [-0.1, -0.05) is 63.1 Å². The molecule has 0 aliphatic carbocycles. The number of amides is 1. The van der Waals surface area contributed by atoms with Crippen LogP contribution in [0, 0.1) is 5.92 Å². The number of aliphatic hydroxyl groups excluding tert-OH is 1. The number of allylic oxidation sites excluding steroid dienone is 1. The maximum atomic E-state index is 12.2. The third kappa shape index (κ3) is 9.75. The number of hydrogen-bond acceptors (Lipinski definition) is 3. The van der Waals surface area contributed by atoms with Gasteiger partial charge in [-0.05, 0) is 61.9 Å². The van der Waals surface area contributed by atoms with Gasteiger partial charge in [0.2, 0.25) is 0 Å². The minimum atomic E-state index is -1.01. The van der Waals surface area contributed by atoms with E-state index in [1.807, 2.05) is 63.2 Å². The zero-order valence-electron chi connectivity index (χ0n) is 18.9. The van der Waals surface area contributed by atoms with Gasteiger partial charge in [0.05, 0.1) is 0 Å². The van der Waals surface area contributed by atoms with E-state index >= 15 is 0 Å². The van der Waals surface area contributed by atoms with Gasteiger partial charge in [-0.3, -0.25) is 4.79 Å². The van der Waals surface area contributed by atoms with Crippen LogP contribution in [-0.2, 0) is 11.4 Å². The molecule has 0 spiro atoms. The molecule has 2 N–H and O–H groups in total. The van der Waals surface area contributed by atoms with Gasteiger partial charge in [0.1, 0.15) is 18.5 Å². The van der Waals surface area contributed by atoms with Crippen molar-refractivity contribution in [3.8, 4) is 5.75 Å². The van der Waals surface area contributed by atoms with E-state index in [0.717, 1.165) is 36.1 Å². The van der Waals surface area contributed by atoms with E-state index in [1.54, 1.807) is 12.1 Å². The van der Waals surface area contributed by atoms with Crippen LogP contribution in [0.5, 0.6) is 5.75 Å². The van der Waals surface area contributed by atoms with E-state index in [-0.39, 0.29) is 5.91 Å². The molecule has 0 aliphatic heterocycles. The third-order valence-electron chi connectivity index (χ3n) is 4.74. The zero-order valence-corrected chi connectivity index (χ0v) is 18.9. The number of anilines is 1. The molecule has 1 amide bonds. The summed E-state index contributed by atoms with van der Waals surface area (Å²) in [5, 5.41) is 12.9. The van der Waals surface area contributed by atoms with E-state index in [4.69, 9.17) is 4.74 Å². The summed E-state index contributed by atoms with van der Waals surface area (Å²) >= 11 is 0. The lowest BCUT2D eigenvalue weighted by Crippen LogP contribution is -2.28. The predicted molar refractivity (Wildman–Crippen MR) is 126 cm³/mol. The van der Waals surface area contributed by atoms with Crippen molar-refractivity contribution in [1.29, 1.82) is 0 Å². The first kappa shape index (κ1) is 25.4. The molecule has 0 heterocycles. The Bertz CT molecular complexity index is 741. The van der Waals surface area contributed by atoms with Crippen molar-refractivity contribution in [2.24, 2.45) is 5.92 Å². The number of nitrogens with one attached hydrogen (secondary N) is 1. The summed E-state index contributed by atoms with van der Waals surface area (Å²) in [7, 11) is 0. The highest BCUT2D eigenvalue weighted by atomic mass is 16.5. The molecule has 164 valence electrons. The first-order valence-corrected chi connectivity index (χ1v) is 10.9. The molecule has 2 unspecified atom stereocenters. The van der Waals surface area contributed by atoms with Gasteiger partial charge < -0.3 is 15.2 Å². The third-order valence-corrected chi connectivity index (χ3v) is 4.74. The van der Waals surface area contributed by atoms with E-state index < -0.39 is 6.10 Å². The monoisotopic (exact) mass is 411 g/mol. The van der Waals surface area contributed by atoms with Crippen molar-refractivity contribution in [3.63, 3.8) is 0 Å².